The maximum atomic E-state index is 12.3. The van der Waals surface area contributed by atoms with Gasteiger partial charge in [-0.05, 0) is 75.3 Å². The summed E-state index contributed by atoms with van der Waals surface area (Å²) in [6.45, 7) is 1.70. The lowest BCUT2D eigenvalue weighted by atomic mass is 9.53. The highest BCUT2D eigenvalue weighted by Gasteiger charge is 2.51. The first-order chi connectivity index (χ1) is 12.9. The molecule has 1 aromatic heterocycles. The highest BCUT2D eigenvalue weighted by Crippen LogP contribution is 2.55. The molecule has 0 saturated heterocycles. The van der Waals surface area contributed by atoms with Crippen LogP contribution in [0.3, 0.4) is 0 Å². The highest BCUT2D eigenvalue weighted by atomic mass is 32.1. The number of thiophene rings is 1. The Bertz CT molecular complexity index is 718. The van der Waals surface area contributed by atoms with Crippen LogP contribution in [-0.2, 0) is 14.3 Å². The van der Waals surface area contributed by atoms with Crippen LogP contribution in [0.1, 0.15) is 65.9 Å². The van der Waals surface area contributed by atoms with E-state index in [1.807, 2.05) is 13.0 Å². The summed E-state index contributed by atoms with van der Waals surface area (Å²) in [6, 6.07) is 3.68. The zero-order valence-electron chi connectivity index (χ0n) is 15.8. The minimum absolute atomic E-state index is 0.0143. The van der Waals surface area contributed by atoms with Gasteiger partial charge < -0.3 is 10.1 Å². The number of hydrogen-bond acceptors (Lipinski definition) is 5. The first-order valence-electron chi connectivity index (χ1n) is 9.97. The molecule has 0 atom stereocenters. The summed E-state index contributed by atoms with van der Waals surface area (Å²) < 4.78 is 5.11. The molecule has 0 unspecified atom stereocenters. The molecule has 0 aromatic carbocycles. The van der Waals surface area contributed by atoms with Crippen molar-refractivity contribution in [3.8, 4) is 0 Å². The standard InChI is InChI=1S/C21H27NO4S/c1-13-2-4-18(27-13)17(23)3-5-20(25)26-12-19(24)22-21-9-14-6-15(10-21)8-16(7-14)11-21/h2,4,14-16H,3,5-12H2,1H3,(H,22,24). The van der Waals surface area contributed by atoms with Crippen LogP contribution in [-0.4, -0.2) is 29.8 Å². The second-order valence-corrected chi connectivity index (χ2v) is 10.0. The van der Waals surface area contributed by atoms with Gasteiger partial charge in [-0.3, -0.25) is 14.4 Å². The van der Waals surface area contributed by atoms with Crippen molar-refractivity contribution < 1.29 is 19.1 Å². The van der Waals surface area contributed by atoms with Crippen molar-refractivity contribution in [1.29, 1.82) is 0 Å². The predicted octanol–water partition coefficient (Wildman–Crippen LogP) is 3.65. The topological polar surface area (TPSA) is 72.5 Å². The summed E-state index contributed by atoms with van der Waals surface area (Å²) in [4.78, 5) is 38.0. The van der Waals surface area contributed by atoms with Crippen LogP contribution in [0.5, 0.6) is 0 Å². The zero-order valence-corrected chi connectivity index (χ0v) is 16.6. The van der Waals surface area contributed by atoms with Gasteiger partial charge in [0.15, 0.2) is 12.4 Å². The molecule has 27 heavy (non-hydrogen) atoms. The Kier molecular flexibility index (Phi) is 5.10. The van der Waals surface area contributed by atoms with Crippen LogP contribution in [0.15, 0.2) is 12.1 Å². The fourth-order valence-electron chi connectivity index (χ4n) is 5.74. The van der Waals surface area contributed by atoms with Crippen molar-refractivity contribution in [2.75, 3.05) is 6.61 Å². The van der Waals surface area contributed by atoms with Gasteiger partial charge in [0.1, 0.15) is 0 Å². The fourth-order valence-corrected chi connectivity index (χ4v) is 6.57. The van der Waals surface area contributed by atoms with E-state index in [-0.39, 0.29) is 36.7 Å². The van der Waals surface area contributed by atoms with Gasteiger partial charge in [0.2, 0.25) is 0 Å². The Balaban J connectivity index is 1.20. The largest absolute Gasteiger partial charge is 0.456 e. The SMILES string of the molecule is Cc1ccc(C(=O)CCC(=O)OCC(=O)NC23CC4CC(CC(C4)C2)C3)s1. The molecule has 0 spiro atoms. The molecule has 1 N–H and O–H groups in total. The van der Waals surface area contributed by atoms with E-state index in [2.05, 4.69) is 5.32 Å². The third-order valence-corrected chi connectivity index (χ3v) is 7.42. The van der Waals surface area contributed by atoms with Crippen molar-refractivity contribution >= 4 is 29.0 Å². The molecule has 1 heterocycles. The average molecular weight is 390 g/mol. The van der Waals surface area contributed by atoms with Gasteiger partial charge in [-0.2, -0.15) is 0 Å². The van der Waals surface area contributed by atoms with Crippen LogP contribution < -0.4 is 5.32 Å². The van der Waals surface area contributed by atoms with E-state index in [4.69, 9.17) is 4.74 Å². The summed E-state index contributed by atoms with van der Waals surface area (Å²) in [7, 11) is 0. The molecule has 4 aliphatic rings. The summed E-state index contributed by atoms with van der Waals surface area (Å²) >= 11 is 1.43. The van der Waals surface area contributed by atoms with Gasteiger partial charge in [0.25, 0.3) is 5.91 Å². The Labute approximate surface area is 163 Å². The van der Waals surface area contributed by atoms with E-state index in [1.54, 1.807) is 6.07 Å². The van der Waals surface area contributed by atoms with Crippen molar-refractivity contribution in [3.05, 3.63) is 21.9 Å². The van der Waals surface area contributed by atoms with Gasteiger partial charge in [-0.1, -0.05) is 0 Å². The molecule has 5 nitrogen and oxygen atoms in total. The lowest BCUT2D eigenvalue weighted by Crippen LogP contribution is -2.60. The number of hydrogen-bond donors (Lipinski definition) is 1. The van der Waals surface area contributed by atoms with E-state index in [9.17, 15) is 14.4 Å². The summed E-state index contributed by atoms with van der Waals surface area (Å²) in [6.07, 6.45) is 7.33. The summed E-state index contributed by atoms with van der Waals surface area (Å²) in [5, 5.41) is 3.19. The van der Waals surface area contributed by atoms with Gasteiger partial charge >= 0.3 is 5.97 Å². The molecule has 1 amide bonds. The zero-order chi connectivity index (χ0) is 19.0. The summed E-state index contributed by atoms with van der Waals surface area (Å²) in [5.41, 5.74) is -0.0642. The number of rotatable bonds is 7. The number of amides is 1. The second-order valence-electron chi connectivity index (χ2n) is 8.74. The molecule has 1 aromatic rings. The molecular formula is C21H27NO4S. The van der Waals surface area contributed by atoms with E-state index in [1.165, 1.54) is 30.6 Å². The predicted molar refractivity (Wildman–Crippen MR) is 103 cm³/mol. The fraction of sp³-hybridized carbons (Fsp3) is 0.667. The molecule has 146 valence electrons. The summed E-state index contributed by atoms with van der Waals surface area (Å²) in [5.74, 6) is 1.52. The van der Waals surface area contributed by atoms with E-state index in [0.717, 1.165) is 41.9 Å². The van der Waals surface area contributed by atoms with Crippen LogP contribution in [0.2, 0.25) is 0 Å². The third kappa shape index (κ3) is 4.26. The van der Waals surface area contributed by atoms with Crippen molar-refractivity contribution in [1.82, 2.24) is 5.32 Å². The van der Waals surface area contributed by atoms with E-state index in [0.29, 0.717) is 4.88 Å². The monoisotopic (exact) mass is 389 g/mol. The van der Waals surface area contributed by atoms with Gasteiger partial charge in [-0.15, -0.1) is 11.3 Å². The van der Waals surface area contributed by atoms with Gasteiger partial charge in [0.05, 0.1) is 11.3 Å². The van der Waals surface area contributed by atoms with Crippen LogP contribution >= 0.6 is 11.3 Å². The second kappa shape index (κ2) is 7.38. The van der Waals surface area contributed by atoms with Crippen LogP contribution in [0, 0.1) is 24.7 Å². The maximum absolute atomic E-state index is 12.3. The third-order valence-electron chi connectivity index (χ3n) is 6.38. The number of carbonyl (C=O) groups is 3. The van der Waals surface area contributed by atoms with Crippen LogP contribution in [0.25, 0.3) is 0 Å². The van der Waals surface area contributed by atoms with Crippen molar-refractivity contribution in [2.45, 2.75) is 63.8 Å². The number of nitrogens with one attached hydrogen (secondary N) is 1. The van der Waals surface area contributed by atoms with Gasteiger partial charge in [0, 0.05) is 16.8 Å². The normalized spacial score (nSPS) is 30.9. The number of aryl methyl sites for hydroxylation is 1. The highest BCUT2D eigenvalue weighted by molar-refractivity contribution is 7.14. The molecule has 5 rings (SSSR count). The molecule has 0 aliphatic heterocycles. The van der Waals surface area contributed by atoms with Crippen molar-refractivity contribution in [3.63, 3.8) is 0 Å². The minimum atomic E-state index is -0.489. The van der Waals surface area contributed by atoms with Gasteiger partial charge in [-0.25, -0.2) is 0 Å². The first-order valence-corrected chi connectivity index (χ1v) is 10.8. The smallest absolute Gasteiger partial charge is 0.306 e. The van der Waals surface area contributed by atoms with Crippen molar-refractivity contribution in [2.24, 2.45) is 17.8 Å². The minimum Gasteiger partial charge on any atom is -0.456 e. The Morgan fingerprint density at radius 3 is 2.26 bits per heavy atom. The number of carbonyl (C=O) groups excluding carboxylic acids is 3. The Hall–Kier alpha value is -1.69. The Morgan fingerprint density at radius 2 is 1.70 bits per heavy atom. The average Bonchev–Trinajstić information content (AvgIpc) is 3.03. The Morgan fingerprint density at radius 1 is 1.07 bits per heavy atom. The van der Waals surface area contributed by atoms with Crippen LogP contribution in [0.4, 0.5) is 0 Å². The number of Topliss-reactive ketones (excluding diaryl/α,β-unsaturated/α-hetero) is 1. The maximum Gasteiger partial charge on any atom is 0.306 e. The molecule has 0 radical (unpaired) electrons. The first kappa shape index (κ1) is 18.7. The number of esters is 1. The van der Waals surface area contributed by atoms with E-state index < -0.39 is 5.97 Å². The molecule has 6 heteroatoms. The molecule has 4 fully saturated rings. The number of ether oxygens (including phenoxy) is 1. The molecule has 4 saturated carbocycles. The lowest BCUT2D eigenvalue weighted by Gasteiger charge is -2.56. The quantitative estimate of drug-likeness (QED) is 0.571. The molecule has 4 bridgehead atoms. The van der Waals surface area contributed by atoms with E-state index >= 15 is 0 Å². The molecular weight excluding hydrogens is 362 g/mol. The lowest BCUT2D eigenvalue weighted by molar-refractivity contribution is -0.150. The molecule has 4 aliphatic carbocycles. The number of ketones is 1.